The summed E-state index contributed by atoms with van der Waals surface area (Å²) in [7, 11) is 0. The van der Waals surface area contributed by atoms with Gasteiger partial charge in [0.05, 0.1) is 17.9 Å². The first-order valence-corrected chi connectivity index (χ1v) is 9.96. The van der Waals surface area contributed by atoms with Gasteiger partial charge in [-0.15, -0.1) is 0 Å². The molecule has 154 valence electrons. The van der Waals surface area contributed by atoms with E-state index in [4.69, 9.17) is 0 Å². The Kier molecular flexibility index (Phi) is 5.71. The second kappa shape index (κ2) is 8.75. The summed E-state index contributed by atoms with van der Waals surface area (Å²) in [6, 6.07) is 18.3. The predicted octanol–water partition coefficient (Wildman–Crippen LogP) is 4.22. The number of hydrogen-bond acceptors (Lipinski definition) is 4. The van der Waals surface area contributed by atoms with Crippen molar-refractivity contribution in [2.75, 3.05) is 5.32 Å². The summed E-state index contributed by atoms with van der Waals surface area (Å²) in [4.78, 5) is 35.0. The molecule has 0 atom stereocenters. The zero-order valence-electron chi connectivity index (χ0n) is 17.4. The molecule has 31 heavy (non-hydrogen) atoms. The molecule has 0 aliphatic rings. The van der Waals surface area contributed by atoms with Crippen LogP contribution in [0.4, 0.5) is 5.69 Å². The first-order chi connectivity index (χ1) is 15.0. The first kappa shape index (κ1) is 20.2. The minimum Gasteiger partial charge on any atom is -0.338 e. The zero-order chi connectivity index (χ0) is 21.8. The van der Waals surface area contributed by atoms with Crippen molar-refractivity contribution < 1.29 is 4.79 Å². The third-order valence-electron chi connectivity index (χ3n) is 5.12. The number of pyridine rings is 3. The minimum atomic E-state index is -0.451. The zero-order valence-corrected chi connectivity index (χ0v) is 17.4. The Hall–Kier alpha value is -4.06. The maximum atomic E-state index is 13.3. The lowest BCUT2D eigenvalue weighted by atomic mass is 10.0. The Bertz CT molecular complexity index is 1280. The predicted molar refractivity (Wildman–Crippen MR) is 121 cm³/mol. The molecule has 0 bridgehead atoms. The van der Waals surface area contributed by atoms with Crippen LogP contribution in [0.1, 0.15) is 27.3 Å². The molecular weight excluding hydrogens is 388 g/mol. The van der Waals surface area contributed by atoms with Gasteiger partial charge in [0.2, 0.25) is 0 Å². The van der Waals surface area contributed by atoms with Gasteiger partial charge in [0.25, 0.3) is 5.91 Å². The smallest absolute Gasteiger partial charge is 0.261 e. The fourth-order valence-corrected chi connectivity index (χ4v) is 3.55. The Morgan fingerprint density at radius 3 is 2.52 bits per heavy atom. The van der Waals surface area contributed by atoms with Gasteiger partial charge < -0.3 is 9.88 Å². The highest BCUT2D eigenvalue weighted by atomic mass is 16.2. The van der Waals surface area contributed by atoms with Crippen molar-refractivity contribution in [3.05, 3.63) is 112 Å². The van der Waals surface area contributed by atoms with Crippen molar-refractivity contribution in [2.24, 2.45) is 0 Å². The normalized spacial score (nSPS) is 10.6. The SMILES string of the molecule is Cc1ccccc1NC(=O)c1c(-c2cccnc2)n(Cc2ccccn2)c(C)cc1=O. The topological polar surface area (TPSA) is 76.9 Å². The van der Waals surface area contributed by atoms with Gasteiger partial charge in [-0.25, -0.2) is 0 Å². The van der Waals surface area contributed by atoms with Crippen molar-refractivity contribution in [3.63, 3.8) is 0 Å². The van der Waals surface area contributed by atoms with Gasteiger partial charge in [-0.1, -0.05) is 24.3 Å². The van der Waals surface area contributed by atoms with Crippen LogP contribution in [0.25, 0.3) is 11.3 Å². The third kappa shape index (κ3) is 4.28. The third-order valence-corrected chi connectivity index (χ3v) is 5.12. The Morgan fingerprint density at radius 1 is 1.00 bits per heavy atom. The van der Waals surface area contributed by atoms with Crippen molar-refractivity contribution >= 4 is 11.6 Å². The maximum absolute atomic E-state index is 13.3. The molecule has 0 spiro atoms. The van der Waals surface area contributed by atoms with E-state index in [2.05, 4.69) is 15.3 Å². The van der Waals surface area contributed by atoms with Crippen molar-refractivity contribution in [1.82, 2.24) is 14.5 Å². The van der Waals surface area contributed by atoms with Gasteiger partial charge in [0.1, 0.15) is 5.56 Å². The largest absolute Gasteiger partial charge is 0.338 e. The van der Waals surface area contributed by atoms with Crippen LogP contribution in [-0.4, -0.2) is 20.4 Å². The van der Waals surface area contributed by atoms with Crippen LogP contribution >= 0.6 is 0 Å². The molecule has 1 amide bonds. The number of aryl methyl sites for hydroxylation is 2. The second-order valence-corrected chi connectivity index (χ2v) is 7.29. The quantitative estimate of drug-likeness (QED) is 0.534. The van der Waals surface area contributed by atoms with Gasteiger partial charge in [0, 0.05) is 41.6 Å². The number of nitrogens with one attached hydrogen (secondary N) is 1. The molecule has 1 aromatic carbocycles. The summed E-state index contributed by atoms with van der Waals surface area (Å²) in [5, 5.41) is 2.90. The van der Waals surface area contributed by atoms with Gasteiger partial charge in [-0.3, -0.25) is 19.6 Å². The average Bonchev–Trinajstić information content (AvgIpc) is 2.78. The fourth-order valence-electron chi connectivity index (χ4n) is 3.55. The second-order valence-electron chi connectivity index (χ2n) is 7.29. The molecule has 0 aliphatic carbocycles. The lowest BCUT2D eigenvalue weighted by Gasteiger charge is -2.20. The Balaban J connectivity index is 1.90. The van der Waals surface area contributed by atoms with E-state index in [-0.39, 0.29) is 11.0 Å². The molecule has 1 N–H and O–H groups in total. The first-order valence-electron chi connectivity index (χ1n) is 9.96. The van der Waals surface area contributed by atoms with Gasteiger partial charge in [-0.2, -0.15) is 0 Å². The van der Waals surface area contributed by atoms with Crippen LogP contribution in [0.3, 0.4) is 0 Å². The fraction of sp³-hybridized carbons (Fsp3) is 0.120. The molecular formula is C25H22N4O2. The molecule has 4 rings (SSSR count). The lowest BCUT2D eigenvalue weighted by molar-refractivity contribution is 0.102. The molecule has 6 heteroatoms. The lowest BCUT2D eigenvalue weighted by Crippen LogP contribution is -2.27. The van der Waals surface area contributed by atoms with Crippen molar-refractivity contribution in [2.45, 2.75) is 20.4 Å². The van der Waals surface area contributed by atoms with E-state index < -0.39 is 5.91 Å². The summed E-state index contributed by atoms with van der Waals surface area (Å²) in [5.74, 6) is -0.451. The molecule has 0 unspecified atom stereocenters. The number of nitrogens with zero attached hydrogens (tertiary/aromatic N) is 3. The summed E-state index contributed by atoms with van der Waals surface area (Å²) in [6.07, 6.45) is 5.05. The molecule has 3 heterocycles. The standard InChI is InChI=1S/C25H22N4O2/c1-17-8-3-4-11-21(17)28-25(31)23-22(30)14-18(2)29(16-20-10-5-6-13-27-20)24(23)19-9-7-12-26-15-19/h3-15H,16H2,1-2H3,(H,28,31). The highest BCUT2D eigenvalue weighted by Crippen LogP contribution is 2.25. The average molecular weight is 410 g/mol. The Labute approximate surface area is 180 Å². The molecule has 0 aliphatic heterocycles. The number of aromatic nitrogens is 3. The van der Waals surface area contributed by atoms with E-state index in [1.54, 1.807) is 24.7 Å². The molecule has 0 saturated carbocycles. The minimum absolute atomic E-state index is 0.0813. The number of carbonyl (C=O) groups is 1. The van der Waals surface area contributed by atoms with E-state index in [9.17, 15) is 9.59 Å². The van der Waals surface area contributed by atoms with Crippen LogP contribution in [0.2, 0.25) is 0 Å². The van der Waals surface area contributed by atoms with Crippen molar-refractivity contribution in [1.29, 1.82) is 0 Å². The maximum Gasteiger partial charge on any atom is 0.261 e. The number of benzene rings is 1. The number of hydrogen-bond donors (Lipinski definition) is 1. The number of rotatable bonds is 5. The van der Waals surface area contributed by atoms with Crippen LogP contribution in [0.15, 0.2) is 84.0 Å². The van der Waals surface area contributed by atoms with Gasteiger partial charge in [0.15, 0.2) is 5.43 Å². The number of amides is 1. The van der Waals surface area contributed by atoms with Crippen LogP contribution in [-0.2, 0) is 6.54 Å². The molecule has 3 aromatic heterocycles. The summed E-state index contributed by atoms with van der Waals surface area (Å²) < 4.78 is 1.94. The number of carbonyl (C=O) groups excluding carboxylic acids is 1. The highest BCUT2D eigenvalue weighted by Gasteiger charge is 2.22. The summed E-state index contributed by atoms with van der Waals surface area (Å²) in [6.45, 7) is 4.18. The molecule has 0 saturated heterocycles. The number of anilines is 1. The molecule has 0 fully saturated rings. The van der Waals surface area contributed by atoms with Crippen LogP contribution in [0, 0.1) is 13.8 Å². The van der Waals surface area contributed by atoms with E-state index in [0.29, 0.717) is 23.5 Å². The van der Waals surface area contributed by atoms with E-state index in [0.717, 1.165) is 17.0 Å². The van der Waals surface area contributed by atoms with Gasteiger partial charge >= 0.3 is 0 Å². The van der Waals surface area contributed by atoms with E-state index in [1.807, 2.05) is 66.9 Å². The van der Waals surface area contributed by atoms with Gasteiger partial charge in [-0.05, 0) is 49.7 Å². The van der Waals surface area contributed by atoms with Crippen LogP contribution < -0.4 is 10.7 Å². The molecule has 4 aromatic rings. The van der Waals surface area contributed by atoms with E-state index in [1.165, 1.54) is 6.07 Å². The Morgan fingerprint density at radius 2 is 1.81 bits per heavy atom. The van der Waals surface area contributed by atoms with E-state index >= 15 is 0 Å². The summed E-state index contributed by atoms with van der Waals surface area (Å²) >= 11 is 0. The highest BCUT2D eigenvalue weighted by molar-refractivity contribution is 6.08. The van der Waals surface area contributed by atoms with Crippen LogP contribution in [0.5, 0.6) is 0 Å². The monoisotopic (exact) mass is 410 g/mol. The molecule has 0 radical (unpaired) electrons. The molecule has 6 nitrogen and oxygen atoms in total. The summed E-state index contributed by atoms with van der Waals surface area (Å²) in [5.41, 5.74) is 4.11. The number of para-hydroxylation sites is 1. The van der Waals surface area contributed by atoms with Crippen molar-refractivity contribution in [3.8, 4) is 11.3 Å².